The number of halogens is 4. The van der Waals surface area contributed by atoms with E-state index in [-0.39, 0.29) is 26.9 Å². The molecule has 0 saturated heterocycles. The summed E-state index contributed by atoms with van der Waals surface area (Å²) < 4.78 is 42.3. The molecule has 0 saturated carbocycles. The largest absolute Gasteiger partial charge is 0.324 e. The lowest BCUT2D eigenvalue weighted by atomic mass is 10.2. The van der Waals surface area contributed by atoms with E-state index in [9.17, 15) is 22.8 Å². The van der Waals surface area contributed by atoms with Gasteiger partial charge in [-0.25, -0.2) is 18.2 Å². The lowest BCUT2D eigenvalue weighted by molar-refractivity contribution is -0.115. The number of thioether (sulfide) groups is 1. The van der Waals surface area contributed by atoms with Gasteiger partial charge in [0.2, 0.25) is 5.91 Å². The van der Waals surface area contributed by atoms with Crippen LogP contribution in [0.4, 0.5) is 18.9 Å². The highest BCUT2D eigenvalue weighted by molar-refractivity contribution is 8.00. The predicted molar refractivity (Wildman–Crippen MR) is 123 cm³/mol. The Morgan fingerprint density at radius 1 is 1.06 bits per heavy atom. The van der Waals surface area contributed by atoms with Crippen molar-refractivity contribution in [1.82, 2.24) is 9.55 Å². The number of carbonyl (C=O) groups excluding carboxylic acids is 1. The van der Waals surface area contributed by atoms with Crippen molar-refractivity contribution in [2.45, 2.75) is 17.3 Å². The summed E-state index contributed by atoms with van der Waals surface area (Å²) in [5, 5.41) is 2.08. The lowest BCUT2D eigenvalue weighted by Crippen LogP contribution is -2.26. The molecule has 0 aliphatic carbocycles. The normalized spacial score (nSPS) is 12.0. The highest BCUT2D eigenvalue weighted by atomic mass is 35.5. The summed E-state index contributed by atoms with van der Waals surface area (Å²) >= 11 is 6.87. The Kier molecular flexibility index (Phi) is 6.44. The number of amides is 1. The molecule has 0 aliphatic heterocycles. The predicted octanol–water partition coefficient (Wildman–Crippen LogP) is 5.58. The van der Waals surface area contributed by atoms with E-state index in [0.717, 1.165) is 40.6 Å². The zero-order valence-corrected chi connectivity index (χ0v) is 18.6. The van der Waals surface area contributed by atoms with Crippen molar-refractivity contribution in [2.24, 2.45) is 0 Å². The molecule has 1 atom stereocenters. The van der Waals surface area contributed by atoms with Crippen molar-refractivity contribution < 1.29 is 18.0 Å². The van der Waals surface area contributed by atoms with Crippen LogP contribution in [-0.4, -0.2) is 20.7 Å². The first-order chi connectivity index (χ1) is 15.7. The number of rotatable bonds is 5. The molecule has 0 spiro atoms. The molecular weight excluding hydrogens is 475 g/mol. The number of hydrogen-bond donors (Lipinski definition) is 1. The number of aromatic nitrogens is 2. The number of benzene rings is 3. The van der Waals surface area contributed by atoms with Gasteiger partial charge in [0.25, 0.3) is 5.56 Å². The van der Waals surface area contributed by atoms with Gasteiger partial charge in [-0.2, -0.15) is 0 Å². The fraction of sp³-hybridized carbons (Fsp3) is 0.0870. The summed E-state index contributed by atoms with van der Waals surface area (Å²) in [5.74, 6) is -2.80. The molecule has 3 aromatic carbocycles. The van der Waals surface area contributed by atoms with Gasteiger partial charge in [0.15, 0.2) is 5.16 Å². The third kappa shape index (κ3) is 4.74. The number of nitrogens with zero attached hydrogens (tertiary/aromatic N) is 2. The monoisotopic (exact) mass is 489 g/mol. The van der Waals surface area contributed by atoms with Gasteiger partial charge in [-0.15, -0.1) is 0 Å². The Morgan fingerprint density at radius 2 is 1.76 bits per heavy atom. The van der Waals surface area contributed by atoms with E-state index in [1.807, 2.05) is 0 Å². The van der Waals surface area contributed by atoms with Crippen LogP contribution in [0.2, 0.25) is 5.02 Å². The topological polar surface area (TPSA) is 64.0 Å². The molecule has 0 bridgehead atoms. The van der Waals surface area contributed by atoms with E-state index in [2.05, 4.69) is 10.3 Å². The lowest BCUT2D eigenvalue weighted by Gasteiger charge is -2.17. The van der Waals surface area contributed by atoms with Crippen molar-refractivity contribution in [3.63, 3.8) is 0 Å². The highest BCUT2D eigenvalue weighted by Gasteiger charge is 2.22. The molecule has 0 unspecified atom stereocenters. The Morgan fingerprint density at radius 3 is 2.48 bits per heavy atom. The van der Waals surface area contributed by atoms with Crippen LogP contribution in [-0.2, 0) is 4.79 Å². The maximum absolute atomic E-state index is 14.6. The second-order valence-corrected chi connectivity index (χ2v) is 8.74. The molecule has 168 valence electrons. The van der Waals surface area contributed by atoms with Gasteiger partial charge in [-0.3, -0.25) is 14.2 Å². The van der Waals surface area contributed by atoms with Crippen LogP contribution in [0.5, 0.6) is 0 Å². The van der Waals surface area contributed by atoms with Crippen molar-refractivity contribution in [2.75, 3.05) is 5.32 Å². The highest BCUT2D eigenvalue weighted by Crippen LogP contribution is 2.28. The molecule has 33 heavy (non-hydrogen) atoms. The molecule has 0 fully saturated rings. The molecular formula is C23H15ClF3N3O2S. The summed E-state index contributed by atoms with van der Waals surface area (Å²) in [4.78, 5) is 30.4. The van der Waals surface area contributed by atoms with E-state index in [4.69, 9.17) is 11.6 Å². The third-order valence-corrected chi connectivity index (χ3v) is 6.10. The standard InChI is InChI=1S/C23H15ClF3N3O2S/c1-12(21(31)28-19-8-6-13(25)10-16(19)24)33-23-29-18-5-3-2-4-15(18)22(32)30(23)20-9-7-14(26)11-17(20)27/h2-12H,1H3,(H,28,31)/t12-/m0/s1. The minimum atomic E-state index is -0.953. The third-order valence-electron chi connectivity index (χ3n) is 4.74. The smallest absolute Gasteiger partial charge is 0.266 e. The summed E-state index contributed by atoms with van der Waals surface area (Å²) in [5.41, 5.74) is -0.193. The molecule has 1 amide bonds. The van der Waals surface area contributed by atoms with Gasteiger partial charge in [0.1, 0.15) is 17.5 Å². The Hall–Kier alpha value is -3.30. The first-order valence-corrected chi connectivity index (χ1v) is 10.9. The fourth-order valence-corrected chi connectivity index (χ4v) is 4.24. The molecule has 4 rings (SSSR count). The second-order valence-electron chi connectivity index (χ2n) is 7.02. The van der Waals surface area contributed by atoms with E-state index in [1.54, 1.807) is 31.2 Å². The van der Waals surface area contributed by atoms with Crippen molar-refractivity contribution >= 4 is 45.9 Å². The van der Waals surface area contributed by atoms with Crippen LogP contribution in [0.25, 0.3) is 16.6 Å². The van der Waals surface area contributed by atoms with E-state index >= 15 is 0 Å². The van der Waals surface area contributed by atoms with Gasteiger partial charge in [-0.05, 0) is 49.4 Å². The number of hydrogen-bond acceptors (Lipinski definition) is 4. The van der Waals surface area contributed by atoms with Crippen LogP contribution in [0.1, 0.15) is 6.92 Å². The van der Waals surface area contributed by atoms with Gasteiger partial charge in [0.05, 0.1) is 32.6 Å². The first-order valence-electron chi connectivity index (χ1n) is 9.64. The zero-order chi connectivity index (χ0) is 23.7. The zero-order valence-electron chi connectivity index (χ0n) is 17.0. The van der Waals surface area contributed by atoms with Gasteiger partial charge in [0, 0.05) is 6.07 Å². The van der Waals surface area contributed by atoms with Crippen molar-refractivity contribution in [3.8, 4) is 5.69 Å². The average Bonchev–Trinajstić information content (AvgIpc) is 2.77. The first kappa shape index (κ1) is 22.9. The van der Waals surface area contributed by atoms with E-state index in [1.165, 1.54) is 6.07 Å². The number of fused-ring (bicyclic) bond motifs is 1. The average molecular weight is 490 g/mol. The summed E-state index contributed by atoms with van der Waals surface area (Å²) in [6.45, 7) is 1.56. The van der Waals surface area contributed by atoms with Crippen LogP contribution in [0, 0.1) is 17.5 Å². The van der Waals surface area contributed by atoms with Crippen LogP contribution < -0.4 is 10.9 Å². The molecule has 5 nitrogen and oxygen atoms in total. The summed E-state index contributed by atoms with van der Waals surface area (Å²) in [7, 11) is 0. The van der Waals surface area contributed by atoms with Gasteiger partial charge >= 0.3 is 0 Å². The number of anilines is 1. The molecule has 10 heteroatoms. The van der Waals surface area contributed by atoms with E-state index < -0.39 is 34.2 Å². The summed E-state index contributed by atoms with van der Waals surface area (Å²) in [6, 6.07) is 12.9. The quantitative estimate of drug-likeness (QED) is 0.294. The van der Waals surface area contributed by atoms with E-state index in [0.29, 0.717) is 11.6 Å². The summed E-state index contributed by atoms with van der Waals surface area (Å²) in [6.07, 6.45) is 0. The number of carbonyl (C=O) groups is 1. The minimum Gasteiger partial charge on any atom is -0.324 e. The van der Waals surface area contributed by atoms with Crippen LogP contribution in [0.3, 0.4) is 0 Å². The fourth-order valence-electron chi connectivity index (χ4n) is 3.10. The van der Waals surface area contributed by atoms with Crippen LogP contribution in [0.15, 0.2) is 70.6 Å². The Bertz CT molecular complexity index is 1440. The molecule has 1 N–H and O–H groups in total. The van der Waals surface area contributed by atoms with Crippen molar-refractivity contribution in [1.29, 1.82) is 0 Å². The minimum absolute atomic E-state index is 0.0228. The maximum atomic E-state index is 14.6. The molecule has 1 aromatic heterocycles. The Balaban J connectivity index is 1.74. The molecule has 0 radical (unpaired) electrons. The van der Waals surface area contributed by atoms with Gasteiger partial charge < -0.3 is 5.32 Å². The van der Waals surface area contributed by atoms with Crippen LogP contribution >= 0.6 is 23.4 Å². The van der Waals surface area contributed by atoms with Gasteiger partial charge in [-0.1, -0.05) is 35.5 Å². The maximum Gasteiger partial charge on any atom is 0.266 e. The van der Waals surface area contributed by atoms with Crippen molar-refractivity contribution in [3.05, 3.63) is 93.5 Å². The molecule has 0 aliphatic rings. The molecule has 4 aromatic rings. The molecule has 1 heterocycles. The second kappa shape index (κ2) is 9.29. The SMILES string of the molecule is C[C@H](Sc1nc2ccccc2c(=O)n1-c1ccc(F)cc1F)C(=O)Nc1ccc(F)cc1Cl. The number of para-hydroxylation sites is 1. The Labute approximate surface area is 195 Å². The number of nitrogens with one attached hydrogen (secondary N) is 1.